The van der Waals surface area contributed by atoms with Crippen molar-refractivity contribution in [1.29, 1.82) is 0 Å². The third-order valence-corrected chi connectivity index (χ3v) is 3.54. The van der Waals surface area contributed by atoms with E-state index >= 15 is 0 Å². The number of aromatic nitrogens is 2. The minimum absolute atomic E-state index is 0.106. The first-order valence-corrected chi connectivity index (χ1v) is 6.61. The maximum Gasteiger partial charge on any atom is 0.227 e. The first-order chi connectivity index (χ1) is 14.3. The number of pyridine rings is 2. The Morgan fingerprint density at radius 1 is 1.00 bits per heavy atom. The van der Waals surface area contributed by atoms with Crippen LogP contribution in [0.4, 0.5) is 0 Å². The molecule has 4 aromatic rings. The molecule has 3 nitrogen and oxygen atoms in total. The molecule has 0 bridgehead atoms. The molecule has 0 unspecified atom stereocenters. The van der Waals surface area contributed by atoms with Crippen molar-refractivity contribution >= 4 is 22.1 Å². The summed E-state index contributed by atoms with van der Waals surface area (Å²) in [5, 5.41) is 1.24. The zero-order valence-corrected chi connectivity index (χ0v) is 11.3. The monoisotopic (exact) mass is 297 g/mol. The van der Waals surface area contributed by atoms with Crippen LogP contribution in [0.1, 0.15) is 29.2 Å². The molecule has 0 amide bonds. The lowest BCUT2D eigenvalue weighted by Crippen LogP contribution is -1.88. The highest BCUT2D eigenvalue weighted by molar-refractivity contribution is 6.08. The van der Waals surface area contributed by atoms with Gasteiger partial charge in [0.25, 0.3) is 0 Å². The third-order valence-electron chi connectivity index (χ3n) is 3.54. The summed E-state index contributed by atoms with van der Waals surface area (Å²) in [5.74, 6) is 0. The van der Waals surface area contributed by atoms with Crippen LogP contribution in [0.5, 0.6) is 0 Å². The molecule has 0 aliphatic heterocycles. The summed E-state index contributed by atoms with van der Waals surface area (Å²) in [4.78, 5) is 8.29. The minimum atomic E-state index is -2.65. The predicted octanol–water partition coefficient (Wildman–Crippen LogP) is 4.97. The van der Waals surface area contributed by atoms with E-state index in [2.05, 4.69) is 9.97 Å². The van der Waals surface area contributed by atoms with Crippen LogP contribution in [0, 0.1) is 20.6 Å². The second-order valence-corrected chi connectivity index (χ2v) is 4.95. The molecule has 0 atom stereocenters. The van der Waals surface area contributed by atoms with Gasteiger partial charge in [0.15, 0.2) is 0 Å². The highest BCUT2D eigenvalue weighted by Gasteiger charge is 2.14. The van der Waals surface area contributed by atoms with Gasteiger partial charge in [0.1, 0.15) is 5.58 Å². The minimum Gasteiger partial charge on any atom is -0.437 e. The van der Waals surface area contributed by atoms with Crippen LogP contribution < -0.4 is 0 Å². The van der Waals surface area contributed by atoms with Crippen molar-refractivity contribution in [1.82, 2.24) is 9.97 Å². The van der Waals surface area contributed by atoms with E-state index in [9.17, 15) is 0 Å². The van der Waals surface area contributed by atoms with Gasteiger partial charge in [0, 0.05) is 40.6 Å². The van der Waals surface area contributed by atoms with Crippen molar-refractivity contribution in [2.45, 2.75) is 20.6 Å². The van der Waals surface area contributed by atoms with Gasteiger partial charge in [0.05, 0.1) is 5.69 Å². The van der Waals surface area contributed by atoms with Crippen LogP contribution in [-0.2, 0) is 0 Å². The lowest BCUT2D eigenvalue weighted by molar-refractivity contribution is 0.653. The van der Waals surface area contributed by atoms with E-state index in [1.54, 1.807) is 24.3 Å². The Balaban J connectivity index is 1.96. The summed E-state index contributed by atoms with van der Waals surface area (Å²) in [6.07, 6.45) is 1.05. The normalized spacial score (nSPS) is 19.2. The SMILES string of the molecule is [2H]C([2H])([2H])c1ccc2c(n1)oc1c(-c3cc(C([2H])([2H])[2H])c(C([2H])([2H])[2H])cn3)cccc12. The number of hydrogen-bond acceptors (Lipinski definition) is 3. The Kier molecular flexibility index (Phi) is 1.40. The molecule has 3 heteroatoms. The molecule has 0 fully saturated rings. The molecule has 0 saturated carbocycles. The Morgan fingerprint density at radius 2 is 1.95 bits per heavy atom. The summed E-state index contributed by atoms with van der Waals surface area (Å²) >= 11 is 0. The van der Waals surface area contributed by atoms with Gasteiger partial charge in [-0.3, -0.25) is 4.98 Å². The largest absolute Gasteiger partial charge is 0.437 e. The van der Waals surface area contributed by atoms with Gasteiger partial charge in [-0.2, -0.15) is 0 Å². The topological polar surface area (TPSA) is 38.9 Å². The van der Waals surface area contributed by atoms with Crippen LogP contribution in [0.3, 0.4) is 0 Å². The van der Waals surface area contributed by atoms with Crippen molar-refractivity contribution in [3.05, 3.63) is 59.4 Å². The molecule has 0 aliphatic rings. The molecule has 1 aromatic carbocycles. The van der Waals surface area contributed by atoms with Gasteiger partial charge < -0.3 is 4.42 Å². The highest BCUT2D eigenvalue weighted by atomic mass is 16.3. The fraction of sp³-hybridized carbons (Fsp3) is 0.158. The first kappa shape index (κ1) is 6.61. The van der Waals surface area contributed by atoms with Crippen molar-refractivity contribution in [2.24, 2.45) is 0 Å². The number of nitrogens with zero attached hydrogens (tertiary/aromatic N) is 2. The number of para-hydroxylation sites is 1. The summed E-state index contributed by atoms with van der Waals surface area (Å²) in [7, 11) is 0. The average molecular weight is 297 g/mol. The summed E-state index contributed by atoms with van der Waals surface area (Å²) in [5.41, 5.74) is 0.383. The molecular weight excluding hydrogens is 272 g/mol. The van der Waals surface area contributed by atoms with Crippen molar-refractivity contribution in [3.8, 4) is 11.3 Å². The number of fused-ring (bicyclic) bond motifs is 3. The molecule has 3 aromatic heterocycles. The van der Waals surface area contributed by atoms with E-state index in [1.807, 2.05) is 0 Å². The summed E-state index contributed by atoms with van der Waals surface area (Å²) < 4.78 is 74.5. The Hall–Kier alpha value is -2.68. The molecule has 0 radical (unpaired) electrons. The van der Waals surface area contributed by atoms with E-state index in [1.165, 1.54) is 12.1 Å². The van der Waals surface area contributed by atoms with Gasteiger partial charge in [0.2, 0.25) is 5.71 Å². The number of furan rings is 1. The smallest absolute Gasteiger partial charge is 0.227 e. The number of hydrogen-bond donors (Lipinski definition) is 0. The van der Waals surface area contributed by atoms with Crippen LogP contribution in [0.25, 0.3) is 33.3 Å². The molecule has 0 spiro atoms. The zero-order chi connectivity index (χ0) is 22.8. The standard InChI is InChI=1S/C19H16N2O/c1-11-9-17(20-10-12(11)2)16-6-4-5-14-15-8-7-13(3)21-19(15)22-18(14)16/h4-10H,1-3H3/i1D3,2D3,3D3. The van der Waals surface area contributed by atoms with Gasteiger partial charge in [-0.15, -0.1) is 0 Å². The van der Waals surface area contributed by atoms with Gasteiger partial charge in [-0.05, 0) is 55.9 Å². The Bertz CT molecular complexity index is 1300. The molecule has 0 saturated heterocycles. The van der Waals surface area contributed by atoms with E-state index in [0.29, 0.717) is 21.9 Å². The molecule has 0 aliphatic carbocycles. The van der Waals surface area contributed by atoms with Crippen LogP contribution >= 0.6 is 0 Å². The third kappa shape index (κ3) is 1.90. The maximum absolute atomic E-state index is 7.75. The predicted molar refractivity (Wildman–Crippen MR) is 89.0 cm³/mol. The summed E-state index contributed by atoms with van der Waals surface area (Å²) in [6.45, 7) is -7.67. The fourth-order valence-corrected chi connectivity index (χ4v) is 2.48. The van der Waals surface area contributed by atoms with Crippen molar-refractivity contribution in [3.63, 3.8) is 0 Å². The lowest BCUT2D eigenvalue weighted by atomic mass is 10.0. The second-order valence-electron chi connectivity index (χ2n) is 4.95. The van der Waals surface area contributed by atoms with E-state index in [4.69, 9.17) is 16.8 Å². The number of benzene rings is 1. The second kappa shape index (κ2) is 4.67. The van der Waals surface area contributed by atoms with Crippen molar-refractivity contribution < 1.29 is 16.8 Å². The van der Waals surface area contributed by atoms with E-state index in [-0.39, 0.29) is 28.2 Å². The number of rotatable bonds is 1. The highest BCUT2D eigenvalue weighted by Crippen LogP contribution is 2.34. The molecule has 3 heterocycles. The molecular formula is C19H16N2O. The van der Waals surface area contributed by atoms with Gasteiger partial charge >= 0.3 is 0 Å². The fourth-order valence-electron chi connectivity index (χ4n) is 2.48. The lowest BCUT2D eigenvalue weighted by Gasteiger charge is -2.05. The van der Waals surface area contributed by atoms with E-state index < -0.39 is 20.6 Å². The molecule has 4 rings (SSSR count). The average Bonchev–Trinajstić information content (AvgIpc) is 3.03. The summed E-state index contributed by atoms with van der Waals surface area (Å²) in [6, 6.07) is 9.40. The van der Waals surface area contributed by atoms with Crippen LogP contribution in [0.2, 0.25) is 0 Å². The number of aryl methyl sites for hydroxylation is 3. The molecule has 108 valence electrons. The quantitative estimate of drug-likeness (QED) is 0.498. The first-order valence-electron chi connectivity index (χ1n) is 11.1. The van der Waals surface area contributed by atoms with Crippen LogP contribution in [-0.4, -0.2) is 9.97 Å². The maximum atomic E-state index is 7.75. The van der Waals surface area contributed by atoms with Gasteiger partial charge in [-0.1, -0.05) is 12.1 Å². The Morgan fingerprint density at radius 3 is 2.82 bits per heavy atom. The molecule has 22 heavy (non-hydrogen) atoms. The van der Waals surface area contributed by atoms with Crippen LogP contribution in [0.15, 0.2) is 47.0 Å². The van der Waals surface area contributed by atoms with E-state index in [0.717, 1.165) is 6.20 Å². The van der Waals surface area contributed by atoms with Gasteiger partial charge in [-0.25, -0.2) is 4.98 Å². The Labute approximate surface area is 141 Å². The zero-order valence-electron chi connectivity index (χ0n) is 20.3. The molecule has 0 N–H and O–H groups in total. The van der Waals surface area contributed by atoms with Crippen molar-refractivity contribution in [2.75, 3.05) is 0 Å².